The second-order valence-corrected chi connectivity index (χ2v) is 5.56. The summed E-state index contributed by atoms with van der Waals surface area (Å²) in [5.74, 6) is 0. The number of nitrogens with zero attached hydrogens (tertiary/aromatic N) is 1. The normalized spacial score (nSPS) is 10.1. The molecule has 1 heterocycles. The lowest BCUT2D eigenvalue weighted by atomic mass is 10.2. The predicted molar refractivity (Wildman–Crippen MR) is 76.7 cm³/mol. The molecule has 0 amide bonds. The highest BCUT2D eigenvalue weighted by molar-refractivity contribution is 7.12. The van der Waals surface area contributed by atoms with E-state index in [-0.39, 0.29) is 0 Å². The monoisotopic (exact) mass is 257 g/mol. The number of nitrogens with one attached hydrogen (secondary N) is 1. The third-order valence-corrected chi connectivity index (χ3v) is 4.01. The van der Waals surface area contributed by atoms with Gasteiger partial charge in [0.1, 0.15) is 6.07 Å². The number of hydrogen-bond acceptors (Lipinski definition) is 4. The maximum atomic E-state index is 8.91. The first-order chi connectivity index (χ1) is 8.60. The molecule has 0 bridgehead atoms. The van der Waals surface area contributed by atoms with Gasteiger partial charge in [-0.2, -0.15) is 5.26 Å². The number of nitrogen functional groups attached to an aromatic ring is 1. The minimum Gasteiger partial charge on any atom is -0.398 e. The summed E-state index contributed by atoms with van der Waals surface area (Å²) in [5, 5.41) is 12.2. The van der Waals surface area contributed by atoms with Crippen LogP contribution in [0.5, 0.6) is 0 Å². The lowest BCUT2D eigenvalue weighted by molar-refractivity contribution is 1.19. The Morgan fingerprint density at radius 1 is 1.33 bits per heavy atom. The van der Waals surface area contributed by atoms with Crippen molar-refractivity contribution >= 4 is 22.7 Å². The van der Waals surface area contributed by atoms with Crippen LogP contribution in [0.3, 0.4) is 0 Å². The van der Waals surface area contributed by atoms with Gasteiger partial charge in [-0.15, -0.1) is 11.3 Å². The van der Waals surface area contributed by atoms with E-state index >= 15 is 0 Å². The van der Waals surface area contributed by atoms with Crippen molar-refractivity contribution in [1.82, 2.24) is 0 Å². The molecule has 0 aliphatic rings. The standard InChI is InChI=1S/C14H15N3S/c1-9-5-13(18-10(9)2)8-17-12-3-4-14(16)11(6-12)7-15/h3-6,17H,8,16H2,1-2H3. The second-order valence-electron chi connectivity index (χ2n) is 4.22. The van der Waals surface area contributed by atoms with Gasteiger partial charge in [-0.25, -0.2) is 0 Å². The number of nitrogens with two attached hydrogens (primary N) is 1. The minimum atomic E-state index is 0.513. The number of anilines is 2. The Hall–Kier alpha value is -1.99. The molecule has 0 radical (unpaired) electrons. The van der Waals surface area contributed by atoms with E-state index < -0.39 is 0 Å². The van der Waals surface area contributed by atoms with E-state index in [0.29, 0.717) is 11.3 Å². The summed E-state index contributed by atoms with van der Waals surface area (Å²) in [6.45, 7) is 5.01. The molecule has 3 nitrogen and oxygen atoms in total. The van der Waals surface area contributed by atoms with E-state index in [1.807, 2.05) is 6.07 Å². The Balaban J connectivity index is 2.09. The average molecular weight is 257 g/mol. The van der Waals surface area contributed by atoms with Gasteiger partial charge in [-0.3, -0.25) is 0 Å². The number of benzene rings is 1. The summed E-state index contributed by atoms with van der Waals surface area (Å²) >= 11 is 1.79. The molecular weight excluding hydrogens is 242 g/mol. The Bertz CT molecular complexity index is 588. The van der Waals surface area contributed by atoms with Gasteiger partial charge in [0.05, 0.1) is 5.56 Å². The van der Waals surface area contributed by atoms with Crippen LogP contribution in [-0.2, 0) is 6.54 Å². The molecule has 92 valence electrons. The van der Waals surface area contributed by atoms with Gasteiger partial charge in [0, 0.05) is 27.7 Å². The van der Waals surface area contributed by atoms with Gasteiger partial charge in [0.2, 0.25) is 0 Å². The Labute approximate surface area is 111 Å². The zero-order valence-corrected chi connectivity index (χ0v) is 11.3. The highest BCUT2D eigenvalue weighted by Gasteiger charge is 2.03. The van der Waals surface area contributed by atoms with E-state index in [1.165, 1.54) is 15.3 Å². The van der Waals surface area contributed by atoms with E-state index in [4.69, 9.17) is 11.0 Å². The molecule has 0 fully saturated rings. The molecule has 1 aromatic heterocycles. The van der Waals surface area contributed by atoms with Crippen molar-refractivity contribution in [2.45, 2.75) is 20.4 Å². The fourth-order valence-corrected chi connectivity index (χ4v) is 2.68. The molecule has 18 heavy (non-hydrogen) atoms. The summed E-state index contributed by atoms with van der Waals surface area (Å²) in [4.78, 5) is 2.64. The van der Waals surface area contributed by atoms with Crippen molar-refractivity contribution < 1.29 is 0 Å². The zero-order valence-electron chi connectivity index (χ0n) is 10.4. The summed E-state index contributed by atoms with van der Waals surface area (Å²) in [5.41, 5.74) is 8.96. The largest absolute Gasteiger partial charge is 0.398 e. The number of hydrogen-bond donors (Lipinski definition) is 2. The topological polar surface area (TPSA) is 61.8 Å². The minimum absolute atomic E-state index is 0.513. The van der Waals surface area contributed by atoms with Crippen LogP contribution in [0.15, 0.2) is 24.3 Å². The molecule has 0 unspecified atom stereocenters. The summed E-state index contributed by atoms with van der Waals surface area (Å²) < 4.78 is 0. The maximum absolute atomic E-state index is 8.91. The molecule has 0 aliphatic heterocycles. The van der Waals surface area contributed by atoms with Crippen LogP contribution in [0.4, 0.5) is 11.4 Å². The van der Waals surface area contributed by atoms with Gasteiger partial charge in [-0.1, -0.05) is 0 Å². The SMILES string of the molecule is Cc1cc(CNc2ccc(N)c(C#N)c2)sc1C. The molecule has 2 aromatic rings. The van der Waals surface area contributed by atoms with Crippen molar-refractivity contribution in [3.63, 3.8) is 0 Å². The van der Waals surface area contributed by atoms with E-state index in [0.717, 1.165) is 12.2 Å². The van der Waals surface area contributed by atoms with Gasteiger partial charge >= 0.3 is 0 Å². The number of rotatable bonds is 3. The number of aryl methyl sites for hydroxylation is 2. The molecule has 2 rings (SSSR count). The van der Waals surface area contributed by atoms with Crippen LogP contribution in [0.1, 0.15) is 20.9 Å². The molecule has 0 aliphatic carbocycles. The number of thiophene rings is 1. The second kappa shape index (κ2) is 5.11. The molecule has 0 saturated carbocycles. The molecule has 3 N–H and O–H groups in total. The molecule has 1 aromatic carbocycles. The zero-order chi connectivity index (χ0) is 13.1. The van der Waals surface area contributed by atoms with E-state index in [2.05, 4.69) is 31.3 Å². The lowest BCUT2D eigenvalue weighted by Gasteiger charge is -2.06. The van der Waals surface area contributed by atoms with Crippen molar-refractivity contribution in [2.24, 2.45) is 0 Å². The Morgan fingerprint density at radius 2 is 2.11 bits per heavy atom. The number of nitriles is 1. The van der Waals surface area contributed by atoms with Crippen LogP contribution in [0.2, 0.25) is 0 Å². The first kappa shape index (κ1) is 12.5. The third kappa shape index (κ3) is 2.63. The lowest BCUT2D eigenvalue weighted by Crippen LogP contribution is -1.99. The molecule has 0 spiro atoms. The molecule has 0 saturated heterocycles. The fourth-order valence-electron chi connectivity index (χ4n) is 1.69. The van der Waals surface area contributed by atoms with E-state index in [9.17, 15) is 0 Å². The van der Waals surface area contributed by atoms with Crippen molar-refractivity contribution in [2.75, 3.05) is 11.1 Å². The average Bonchev–Trinajstić information content (AvgIpc) is 2.68. The quantitative estimate of drug-likeness (QED) is 0.828. The van der Waals surface area contributed by atoms with Crippen LogP contribution >= 0.6 is 11.3 Å². The molecule has 0 atom stereocenters. The first-order valence-electron chi connectivity index (χ1n) is 5.69. The van der Waals surface area contributed by atoms with Gasteiger partial charge in [0.25, 0.3) is 0 Å². The summed E-state index contributed by atoms with van der Waals surface area (Å²) in [7, 11) is 0. The third-order valence-electron chi connectivity index (χ3n) is 2.86. The van der Waals surface area contributed by atoms with Crippen molar-refractivity contribution in [3.8, 4) is 6.07 Å². The van der Waals surface area contributed by atoms with Crippen LogP contribution in [-0.4, -0.2) is 0 Å². The smallest absolute Gasteiger partial charge is 0.101 e. The van der Waals surface area contributed by atoms with Gasteiger partial charge in [0.15, 0.2) is 0 Å². The summed E-state index contributed by atoms with van der Waals surface area (Å²) in [6.07, 6.45) is 0. The highest BCUT2D eigenvalue weighted by Crippen LogP contribution is 2.22. The molecule has 4 heteroatoms. The van der Waals surface area contributed by atoms with Crippen LogP contribution in [0.25, 0.3) is 0 Å². The Morgan fingerprint density at radius 3 is 2.72 bits per heavy atom. The molecular formula is C14H15N3S. The maximum Gasteiger partial charge on any atom is 0.101 e. The Kier molecular flexibility index (Phi) is 3.54. The van der Waals surface area contributed by atoms with E-state index in [1.54, 1.807) is 23.5 Å². The predicted octanol–water partition coefficient (Wildman–Crippen LogP) is 3.43. The van der Waals surface area contributed by atoms with Crippen molar-refractivity contribution in [1.29, 1.82) is 5.26 Å². The van der Waals surface area contributed by atoms with Crippen molar-refractivity contribution in [3.05, 3.63) is 45.1 Å². The van der Waals surface area contributed by atoms with Crippen LogP contribution < -0.4 is 11.1 Å². The fraction of sp³-hybridized carbons (Fsp3) is 0.214. The van der Waals surface area contributed by atoms with Gasteiger partial charge < -0.3 is 11.1 Å². The van der Waals surface area contributed by atoms with Crippen LogP contribution in [0, 0.1) is 25.2 Å². The van der Waals surface area contributed by atoms with Gasteiger partial charge in [-0.05, 0) is 43.7 Å². The first-order valence-corrected chi connectivity index (χ1v) is 6.51. The highest BCUT2D eigenvalue weighted by atomic mass is 32.1. The summed E-state index contributed by atoms with van der Waals surface area (Å²) in [6, 6.07) is 9.70.